The second-order valence-corrected chi connectivity index (χ2v) is 4.38. The van der Waals surface area contributed by atoms with Crippen LogP contribution in [-0.4, -0.2) is 17.3 Å². The van der Waals surface area contributed by atoms with E-state index in [4.69, 9.17) is 21.4 Å². The Labute approximate surface area is 101 Å². The first-order valence-electron chi connectivity index (χ1n) is 5.80. The first-order chi connectivity index (χ1) is 8.22. The summed E-state index contributed by atoms with van der Waals surface area (Å²) in [5.41, 5.74) is 5.43. The van der Waals surface area contributed by atoms with Gasteiger partial charge in [-0.05, 0) is 25.7 Å². The van der Waals surface area contributed by atoms with Crippen LogP contribution in [0.5, 0.6) is 0 Å². The zero-order valence-corrected chi connectivity index (χ0v) is 9.98. The molecule has 1 aromatic heterocycles. The van der Waals surface area contributed by atoms with E-state index in [1.165, 1.54) is 0 Å². The van der Waals surface area contributed by atoms with E-state index < -0.39 is 11.6 Å². The summed E-state index contributed by atoms with van der Waals surface area (Å²) < 4.78 is 10.7. The van der Waals surface area contributed by atoms with Crippen molar-refractivity contribution in [1.29, 1.82) is 0 Å². The summed E-state index contributed by atoms with van der Waals surface area (Å²) in [6, 6.07) is -0.392. The van der Waals surface area contributed by atoms with Crippen molar-refractivity contribution < 1.29 is 9.26 Å². The molecular formula is C12H17N3O2. The molecule has 92 valence electrons. The molecular weight excluding hydrogens is 218 g/mol. The maximum Gasteiger partial charge on any atom is 0.244 e. The highest BCUT2D eigenvalue weighted by Gasteiger charge is 2.40. The molecule has 5 heteroatoms. The molecule has 1 unspecified atom stereocenters. The second-order valence-electron chi connectivity index (χ2n) is 4.38. The lowest BCUT2D eigenvalue weighted by Crippen LogP contribution is -2.26. The Morgan fingerprint density at radius 1 is 1.59 bits per heavy atom. The summed E-state index contributed by atoms with van der Waals surface area (Å²) in [7, 11) is 1.68. The quantitative estimate of drug-likeness (QED) is 0.801. The zero-order valence-electron chi connectivity index (χ0n) is 9.98. The summed E-state index contributed by atoms with van der Waals surface area (Å²) in [6.45, 7) is 0. The van der Waals surface area contributed by atoms with E-state index in [-0.39, 0.29) is 0 Å². The van der Waals surface area contributed by atoms with E-state index in [0.29, 0.717) is 18.1 Å². The highest BCUT2D eigenvalue weighted by Crippen LogP contribution is 2.40. The minimum Gasteiger partial charge on any atom is -0.370 e. The number of nitrogens with two attached hydrogens (primary N) is 1. The van der Waals surface area contributed by atoms with Crippen molar-refractivity contribution in [3.63, 3.8) is 0 Å². The van der Waals surface area contributed by atoms with Gasteiger partial charge in [0.1, 0.15) is 5.60 Å². The van der Waals surface area contributed by atoms with Gasteiger partial charge >= 0.3 is 0 Å². The van der Waals surface area contributed by atoms with Gasteiger partial charge < -0.3 is 15.0 Å². The van der Waals surface area contributed by atoms with Gasteiger partial charge in [0.2, 0.25) is 11.7 Å². The molecule has 1 aliphatic rings. The summed E-state index contributed by atoms with van der Waals surface area (Å²) in [5, 5.41) is 3.98. The molecule has 0 spiro atoms. The number of hydrogen-bond donors (Lipinski definition) is 1. The smallest absolute Gasteiger partial charge is 0.244 e. The molecule has 2 N–H and O–H groups in total. The van der Waals surface area contributed by atoms with Crippen LogP contribution in [0.25, 0.3) is 0 Å². The molecule has 1 saturated carbocycles. The van der Waals surface area contributed by atoms with Crippen LogP contribution >= 0.6 is 0 Å². The lowest BCUT2D eigenvalue weighted by molar-refractivity contribution is -0.0178. The fourth-order valence-corrected chi connectivity index (χ4v) is 2.25. The highest BCUT2D eigenvalue weighted by molar-refractivity contribution is 5.06. The van der Waals surface area contributed by atoms with Crippen molar-refractivity contribution in [2.24, 2.45) is 5.73 Å². The van der Waals surface area contributed by atoms with Gasteiger partial charge in [-0.25, -0.2) is 0 Å². The fraction of sp³-hybridized carbons (Fsp3) is 0.667. The van der Waals surface area contributed by atoms with Gasteiger partial charge in [-0.15, -0.1) is 12.3 Å². The molecule has 0 bridgehead atoms. The van der Waals surface area contributed by atoms with Crippen molar-refractivity contribution in [2.45, 2.75) is 43.7 Å². The molecule has 1 aliphatic carbocycles. The Morgan fingerprint density at radius 3 is 2.88 bits per heavy atom. The van der Waals surface area contributed by atoms with E-state index in [9.17, 15) is 0 Å². The van der Waals surface area contributed by atoms with Gasteiger partial charge in [0, 0.05) is 13.5 Å². The molecule has 0 aromatic carbocycles. The lowest BCUT2D eigenvalue weighted by Gasteiger charge is -2.22. The zero-order chi connectivity index (χ0) is 12.3. The minimum absolute atomic E-state index is 0.390. The van der Waals surface area contributed by atoms with Gasteiger partial charge in [0.25, 0.3) is 0 Å². The van der Waals surface area contributed by atoms with E-state index in [1.807, 2.05) is 0 Å². The summed E-state index contributed by atoms with van der Waals surface area (Å²) in [5.74, 6) is 3.47. The average Bonchev–Trinajstić information content (AvgIpc) is 2.99. The summed E-state index contributed by atoms with van der Waals surface area (Å²) >= 11 is 0. The third-order valence-electron chi connectivity index (χ3n) is 3.31. The highest BCUT2D eigenvalue weighted by atomic mass is 16.5. The maximum absolute atomic E-state index is 5.82. The Balaban J connectivity index is 2.20. The largest absolute Gasteiger partial charge is 0.370 e. The van der Waals surface area contributed by atoms with Gasteiger partial charge in [-0.1, -0.05) is 5.16 Å². The molecule has 1 fully saturated rings. The maximum atomic E-state index is 5.82. The molecule has 0 radical (unpaired) electrons. The van der Waals surface area contributed by atoms with Crippen molar-refractivity contribution >= 4 is 0 Å². The standard InChI is InChI=1S/C12H17N3O2/c1-3-6-9(13)10-14-11(15-17-10)12(16-2)7-4-5-8-12/h1,9H,4-8,13H2,2H3. The number of hydrogen-bond acceptors (Lipinski definition) is 5. The van der Waals surface area contributed by atoms with Crippen LogP contribution in [0.15, 0.2) is 4.52 Å². The minimum atomic E-state index is -0.392. The van der Waals surface area contributed by atoms with Crippen LogP contribution in [-0.2, 0) is 10.3 Å². The molecule has 17 heavy (non-hydrogen) atoms. The van der Waals surface area contributed by atoms with E-state index >= 15 is 0 Å². The number of nitrogens with zero attached hydrogens (tertiary/aromatic N) is 2. The third kappa shape index (κ3) is 2.19. The van der Waals surface area contributed by atoms with Crippen LogP contribution in [0, 0.1) is 12.3 Å². The molecule has 1 atom stereocenters. The molecule has 0 amide bonds. The number of rotatable bonds is 4. The Hall–Kier alpha value is -1.38. The third-order valence-corrected chi connectivity index (χ3v) is 3.31. The first-order valence-corrected chi connectivity index (χ1v) is 5.80. The summed E-state index contributed by atoms with van der Waals surface area (Å²) in [4.78, 5) is 4.33. The van der Waals surface area contributed by atoms with Crippen LogP contribution < -0.4 is 5.73 Å². The number of terminal acetylenes is 1. The molecule has 0 saturated heterocycles. The van der Waals surface area contributed by atoms with Crippen LogP contribution in [0.1, 0.15) is 49.9 Å². The average molecular weight is 235 g/mol. The molecule has 1 heterocycles. The predicted molar refractivity (Wildman–Crippen MR) is 61.8 cm³/mol. The van der Waals surface area contributed by atoms with Crippen molar-refractivity contribution in [1.82, 2.24) is 10.1 Å². The van der Waals surface area contributed by atoms with Gasteiger partial charge in [0.15, 0.2) is 0 Å². The topological polar surface area (TPSA) is 74.2 Å². The van der Waals surface area contributed by atoms with E-state index in [0.717, 1.165) is 25.7 Å². The van der Waals surface area contributed by atoms with Crippen LogP contribution in [0.4, 0.5) is 0 Å². The number of aromatic nitrogens is 2. The van der Waals surface area contributed by atoms with Gasteiger partial charge in [0.05, 0.1) is 6.04 Å². The Morgan fingerprint density at radius 2 is 2.29 bits per heavy atom. The Kier molecular flexibility index (Phi) is 3.46. The van der Waals surface area contributed by atoms with Crippen molar-refractivity contribution in [3.8, 4) is 12.3 Å². The van der Waals surface area contributed by atoms with Gasteiger partial charge in [-0.3, -0.25) is 0 Å². The SMILES string of the molecule is C#CCC(N)c1nc(C2(OC)CCCC2)no1. The lowest BCUT2D eigenvalue weighted by atomic mass is 10.0. The van der Waals surface area contributed by atoms with Gasteiger partial charge in [-0.2, -0.15) is 4.98 Å². The van der Waals surface area contributed by atoms with Crippen LogP contribution in [0.2, 0.25) is 0 Å². The summed E-state index contributed by atoms with van der Waals surface area (Å²) in [6.07, 6.45) is 9.68. The molecule has 2 rings (SSSR count). The number of methoxy groups -OCH3 is 1. The van der Waals surface area contributed by atoms with Crippen LogP contribution in [0.3, 0.4) is 0 Å². The van der Waals surface area contributed by atoms with E-state index in [2.05, 4.69) is 16.1 Å². The second kappa shape index (κ2) is 4.86. The molecule has 1 aromatic rings. The first kappa shape index (κ1) is 12.1. The normalized spacial score (nSPS) is 20.1. The predicted octanol–water partition coefficient (Wildman–Crippen LogP) is 1.51. The molecule has 5 nitrogen and oxygen atoms in total. The monoisotopic (exact) mass is 235 g/mol. The Bertz CT molecular complexity index is 416. The fourth-order valence-electron chi connectivity index (χ4n) is 2.25. The number of ether oxygens (including phenoxy) is 1. The van der Waals surface area contributed by atoms with Crippen molar-refractivity contribution in [2.75, 3.05) is 7.11 Å². The van der Waals surface area contributed by atoms with Crippen molar-refractivity contribution in [3.05, 3.63) is 11.7 Å². The molecule has 0 aliphatic heterocycles. The van der Waals surface area contributed by atoms with E-state index in [1.54, 1.807) is 7.11 Å².